The molecule has 2 atom stereocenters. The molecule has 0 aliphatic carbocycles. The molecule has 7 nitrogen and oxygen atoms in total. The molecule has 2 amide bonds. The number of amides is 2. The molecule has 0 bridgehead atoms. The summed E-state index contributed by atoms with van der Waals surface area (Å²) < 4.78 is 43.5. The monoisotopic (exact) mass is 587 g/mol. The number of hydrogen-bond acceptors (Lipinski definition) is 4. The van der Waals surface area contributed by atoms with Crippen LogP contribution in [0.5, 0.6) is 0 Å². The van der Waals surface area contributed by atoms with E-state index in [2.05, 4.69) is 5.32 Å². The van der Waals surface area contributed by atoms with Crippen molar-refractivity contribution in [2.45, 2.75) is 64.6 Å². The van der Waals surface area contributed by atoms with Crippen molar-refractivity contribution < 1.29 is 22.4 Å². The molecule has 0 saturated heterocycles. The van der Waals surface area contributed by atoms with E-state index in [0.29, 0.717) is 17.0 Å². The minimum absolute atomic E-state index is 0.00321. The van der Waals surface area contributed by atoms with E-state index in [1.54, 1.807) is 44.2 Å². The summed E-state index contributed by atoms with van der Waals surface area (Å²) in [6.45, 7) is 8.00. The van der Waals surface area contributed by atoms with Gasteiger partial charge in [-0.3, -0.25) is 13.9 Å². The number of anilines is 1. The molecule has 0 aliphatic rings. The number of carbonyl (C=O) groups is 2. The summed E-state index contributed by atoms with van der Waals surface area (Å²) in [5.74, 6) is -1.62. The lowest BCUT2D eigenvalue weighted by Gasteiger charge is -2.33. The highest BCUT2D eigenvalue weighted by Crippen LogP contribution is 2.29. The third-order valence-electron chi connectivity index (χ3n) is 6.78. The summed E-state index contributed by atoms with van der Waals surface area (Å²) in [7, 11) is -4.22. The van der Waals surface area contributed by atoms with E-state index in [4.69, 9.17) is 11.6 Å². The molecule has 0 spiro atoms. The zero-order valence-corrected chi connectivity index (χ0v) is 24.9. The van der Waals surface area contributed by atoms with Crippen LogP contribution in [0.3, 0.4) is 0 Å². The van der Waals surface area contributed by atoms with Crippen molar-refractivity contribution in [3.63, 3.8) is 0 Å². The van der Waals surface area contributed by atoms with Crippen LogP contribution in [0, 0.1) is 19.7 Å². The molecule has 0 unspecified atom stereocenters. The zero-order valence-electron chi connectivity index (χ0n) is 23.3. The number of carbonyl (C=O) groups excluding carboxylic acids is 2. The Morgan fingerprint density at radius 2 is 1.65 bits per heavy atom. The Hall–Kier alpha value is -3.43. The highest BCUT2D eigenvalue weighted by atomic mass is 35.5. The summed E-state index contributed by atoms with van der Waals surface area (Å²) in [5, 5.41) is 3.27. The number of benzene rings is 3. The molecule has 214 valence electrons. The molecule has 0 aliphatic heterocycles. The van der Waals surface area contributed by atoms with Gasteiger partial charge in [-0.2, -0.15) is 0 Å². The standard InChI is InChI=1S/C30H35ClFN3O4S/c1-6-22(4)33-30(37)23(5)34(18-24-9-7-8-10-27(24)32)29(36)19-35(28-16-13-25(31)17-21(28)3)40(38,39)26-14-11-20(2)12-15-26/h7-17,22-23H,6,18-19H2,1-5H3,(H,33,37)/t22-,23+/m0/s1. The van der Waals surface area contributed by atoms with Gasteiger partial charge in [0.1, 0.15) is 18.4 Å². The van der Waals surface area contributed by atoms with Crippen molar-refractivity contribution in [2.24, 2.45) is 0 Å². The van der Waals surface area contributed by atoms with Crippen LogP contribution in [0.1, 0.15) is 43.9 Å². The lowest BCUT2D eigenvalue weighted by atomic mass is 10.1. The third-order valence-corrected chi connectivity index (χ3v) is 8.79. The van der Waals surface area contributed by atoms with Crippen LogP contribution in [-0.2, 0) is 26.2 Å². The van der Waals surface area contributed by atoms with Gasteiger partial charge in [-0.15, -0.1) is 0 Å². The molecule has 0 heterocycles. The highest BCUT2D eigenvalue weighted by molar-refractivity contribution is 7.92. The summed E-state index contributed by atoms with van der Waals surface area (Å²) in [6, 6.07) is 15.8. The van der Waals surface area contributed by atoms with E-state index < -0.39 is 40.2 Å². The summed E-state index contributed by atoms with van der Waals surface area (Å²) >= 11 is 6.14. The van der Waals surface area contributed by atoms with Gasteiger partial charge in [0.15, 0.2) is 0 Å². The topological polar surface area (TPSA) is 86.8 Å². The second-order valence-corrected chi connectivity index (χ2v) is 12.2. The number of hydrogen-bond donors (Lipinski definition) is 1. The normalized spacial score (nSPS) is 12.9. The summed E-state index contributed by atoms with van der Waals surface area (Å²) in [6.07, 6.45) is 0.679. The van der Waals surface area contributed by atoms with Crippen LogP contribution in [-0.4, -0.2) is 43.8 Å². The molecule has 0 radical (unpaired) electrons. The Morgan fingerprint density at radius 1 is 1.00 bits per heavy atom. The number of sulfonamides is 1. The minimum Gasteiger partial charge on any atom is -0.352 e. The first-order chi connectivity index (χ1) is 18.8. The Labute approximate surface area is 241 Å². The average molecular weight is 588 g/mol. The number of nitrogens with zero attached hydrogens (tertiary/aromatic N) is 2. The maximum Gasteiger partial charge on any atom is 0.264 e. The first-order valence-electron chi connectivity index (χ1n) is 13.0. The second kappa shape index (κ2) is 13.3. The van der Waals surface area contributed by atoms with E-state index in [0.717, 1.165) is 9.87 Å². The smallest absolute Gasteiger partial charge is 0.264 e. The van der Waals surface area contributed by atoms with Crippen molar-refractivity contribution in [1.29, 1.82) is 0 Å². The number of nitrogens with one attached hydrogen (secondary N) is 1. The maximum atomic E-state index is 14.6. The molecule has 3 aromatic rings. The van der Waals surface area contributed by atoms with E-state index in [1.165, 1.54) is 41.3 Å². The van der Waals surface area contributed by atoms with Crippen LogP contribution < -0.4 is 9.62 Å². The fourth-order valence-corrected chi connectivity index (χ4v) is 5.81. The Morgan fingerprint density at radius 3 is 2.25 bits per heavy atom. The third kappa shape index (κ3) is 7.40. The van der Waals surface area contributed by atoms with E-state index in [-0.39, 0.29) is 28.7 Å². The molecule has 1 N–H and O–H groups in total. The van der Waals surface area contributed by atoms with Crippen molar-refractivity contribution in [2.75, 3.05) is 10.8 Å². The SMILES string of the molecule is CC[C@H](C)NC(=O)[C@@H](C)N(Cc1ccccc1F)C(=O)CN(c1ccc(Cl)cc1C)S(=O)(=O)c1ccc(C)cc1. The minimum atomic E-state index is -4.22. The van der Waals surface area contributed by atoms with Gasteiger partial charge in [-0.05, 0) is 76.1 Å². The summed E-state index contributed by atoms with van der Waals surface area (Å²) in [5.41, 5.74) is 1.89. The van der Waals surface area contributed by atoms with Gasteiger partial charge in [0.25, 0.3) is 10.0 Å². The molecule has 40 heavy (non-hydrogen) atoms. The van der Waals surface area contributed by atoms with Gasteiger partial charge in [-0.25, -0.2) is 12.8 Å². The number of halogens is 2. The van der Waals surface area contributed by atoms with Gasteiger partial charge in [-0.1, -0.05) is 54.4 Å². The Kier molecular flexibility index (Phi) is 10.3. The van der Waals surface area contributed by atoms with Crippen LogP contribution in [0.2, 0.25) is 5.02 Å². The zero-order chi connectivity index (χ0) is 29.6. The first kappa shape index (κ1) is 31.1. The molecule has 0 fully saturated rings. The molecule has 3 rings (SSSR count). The number of aryl methyl sites for hydroxylation is 2. The van der Waals surface area contributed by atoms with Crippen molar-refractivity contribution in [3.8, 4) is 0 Å². The lowest BCUT2D eigenvalue weighted by Crippen LogP contribution is -2.52. The molecule has 3 aromatic carbocycles. The van der Waals surface area contributed by atoms with Crippen LogP contribution >= 0.6 is 11.6 Å². The van der Waals surface area contributed by atoms with Gasteiger partial charge >= 0.3 is 0 Å². The van der Waals surface area contributed by atoms with Gasteiger partial charge in [0, 0.05) is 23.2 Å². The highest BCUT2D eigenvalue weighted by Gasteiger charge is 2.33. The Bertz CT molecular complexity index is 1460. The number of rotatable bonds is 11. The van der Waals surface area contributed by atoms with E-state index in [9.17, 15) is 22.4 Å². The Balaban J connectivity index is 2.07. The van der Waals surface area contributed by atoms with E-state index in [1.807, 2.05) is 20.8 Å². The van der Waals surface area contributed by atoms with Crippen LogP contribution in [0.15, 0.2) is 71.6 Å². The van der Waals surface area contributed by atoms with Gasteiger partial charge in [0.05, 0.1) is 10.6 Å². The van der Waals surface area contributed by atoms with Gasteiger partial charge in [0.2, 0.25) is 11.8 Å². The van der Waals surface area contributed by atoms with Crippen LogP contribution in [0.25, 0.3) is 0 Å². The molecule has 0 aromatic heterocycles. The van der Waals surface area contributed by atoms with Crippen molar-refractivity contribution in [3.05, 3.63) is 94.3 Å². The molecule has 10 heteroatoms. The average Bonchev–Trinajstić information content (AvgIpc) is 2.91. The lowest BCUT2D eigenvalue weighted by molar-refractivity contribution is -0.139. The predicted octanol–water partition coefficient (Wildman–Crippen LogP) is 5.62. The van der Waals surface area contributed by atoms with Gasteiger partial charge < -0.3 is 10.2 Å². The van der Waals surface area contributed by atoms with Crippen LogP contribution in [0.4, 0.5) is 10.1 Å². The quantitative estimate of drug-likeness (QED) is 0.315. The molecular formula is C30H35ClFN3O4S. The molecular weight excluding hydrogens is 553 g/mol. The molecule has 0 saturated carbocycles. The second-order valence-electron chi connectivity index (χ2n) is 9.86. The van der Waals surface area contributed by atoms with E-state index >= 15 is 0 Å². The largest absolute Gasteiger partial charge is 0.352 e. The first-order valence-corrected chi connectivity index (χ1v) is 14.9. The summed E-state index contributed by atoms with van der Waals surface area (Å²) in [4.78, 5) is 28.2. The fourth-order valence-electron chi connectivity index (χ4n) is 4.11. The fraction of sp³-hybridized carbons (Fsp3) is 0.333. The maximum absolute atomic E-state index is 14.6. The van der Waals surface area contributed by atoms with Crippen molar-refractivity contribution >= 4 is 39.1 Å². The predicted molar refractivity (Wildman–Crippen MR) is 156 cm³/mol. The van der Waals surface area contributed by atoms with Crippen molar-refractivity contribution in [1.82, 2.24) is 10.2 Å².